The Bertz CT molecular complexity index is 828. The lowest BCUT2D eigenvalue weighted by molar-refractivity contribution is 0.257. The van der Waals surface area contributed by atoms with Gasteiger partial charge in [-0.1, -0.05) is 6.07 Å². The van der Waals surface area contributed by atoms with Gasteiger partial charge in [0.1, 0.15) is 5.03 Å². The van der Waals surface area contributed by atoms with Crippen LogP contribution in [0.2, 0.25) is 0 Å². The van der Waals surface area contributed by atoms with E-state index < -0.39 is 0 Å². The standard InChI is InChI=1S/C20H27N5OS/c1-12(25(2)3)17-11-18(23-22-17)27-24-20(26)21-19-15-8-4-6-13(15)10-14-7-5-9-16(14)19/h10-12H,4-9H2,1-3H3,(H,22,23)(H2,21,24,26). The third kappa shape index (κ3) is 3.71. The zero-order valence-electron chi connectivity index (χ0n) is 16.2. The monoisotopic (exact) mass is 385 g/mol. The van der Waals surface area contributed by atoms with Gasteiger partial charge in [0, 0.05) is 23.7 Å². The summed E-state index contributed by atoms with van der Waals surface area (Å²) in [7, 11) is 4.06. The molecule has 1 unspecified atom stereocenters. The van der Waals surface area contributed by atoms with Crippen LogP contribution in [0, 0.1) is 0 Å². The molecule has 2 aliphatic rings. The number of urea groups is 1. The van der Waals surface area contributed by atoms with Crippen molar-refractivity contribution < 1.29 is 4.79 Å². The maximum absolute atomic E-state index is 12.5. The van der Waals surface area contributed by atoms with Crippen molar-refractivity contribution in [2.45, 2.75) is 56.5 Å². The molecule has 27 heavy (non-hydrogen) atoms. The zero-order chi connectivity index (χ0) is 19.0. The van der Waals surface area contributed by atoms with E-state index in [0.29, 0.717) is 0 Å². The number of nitrogens with one attached hydrogen (secondary N) is 3. The highest BCUT2D eigenvalue weighted by molar-refractivity contribution is 7.97. The molecule has 0 fully saturated rings. The van der Waals surface area contributed by atoms with Crippen molar-refractivity contribution in [1.29, 1.82) is 0 Å². The van der Waals surface area contributed by atoms with Crippen molar-refractivity contribution >= 4 is 23.7 Å². The lowest BCUT2D eigenvalue weighted by atomic mass is 9.99. The van der Waals surface area contributed by atoms with E-state index in [0.717, 1.165) is 42.1 Å². The van der Waals surface area contributed by atoms with Crippen molar-refractivity contribution in [1.82, 2.24) is 19.8 Å². The normalized spacial score (nSPS) is 16.3. The molecular weight excluding hydrogens is 358 g/mol. The second-order valence-corrected chi connectivity index (χ2v) is 8.52. The number of hydrogen-bond acceptors (Lipinski definition) is 4. The summed E-state index contributed by atoms with van der Waals surface area (Å²) in [6.07, 6.45) is 6.77. The van der Waals surface area contributed by atoms with E-state index >= 15 is 0 Å². The Labute approximate surface area is 164 Å². The molecule has 2 amide bonds. The Morgan fingerprint density at radius 3 is 2.44 bits per heavy atom. The van der Waals surface area contributed by atoms with Crippen LogP contribution in [0.3, 0.4) is 0 Å². The third-order valence-electron chi connectivity index (χ3n) is 5.76. The summed E-state index contributed by atoms with van der Waals surface area (Å²) in [6, 6.07) is 4.42. The number of hydrogen-bond donors (Lipinski definition) is 3. The van der Waals surface area contributed by atoms with Gasteiger partial charge in [-0.3, -0.25) is 9.82 Å². The smallest absolute Gasteiger partial charge is 0.307 e. The van der Waals surface area contributed by atoms with Gasteiger partial charge in [0.2, 0.25) is 0 Å². The van der Waals surface area contributed by atoms with Crippen molar-refractivity contribution in [2.75, 3.05) is 19.4 Å². The van der Waals surface area contributed by atoms with E-state index in [-0.39, 0.29) is 12.1 Å². The molecule has 4 rings (SSSR count). The van der Waals surface area contributed by atoms with Crippen molar-refractivity contribution in [2.24, 2.45) is 0 Å². The number of anilines is 1. The van der Waals surface area contributed by atoms with Gasteiger partial charge in [-0.25, -0.2) is 4.79 Å². The number of aryl methyl sites for hydroxylation is 2. The molecule has 2 aliphatic carbocycles. The quantitative estimate of drug-likeness (QED) is 0.684. The minimum atomic E-state index is -0.181. The third-order valence-corrected chi connectivity index (χ3v) is 6.46. The molecule has 0 radical (unpaired) electrons. The highest BCUT2D eigenvalue weighted by Crippen LogP contribution is 2.38. The number of aromatic amines is 1. The second kappa shape index (κ2) is 7.56. The number of amides is 2. The number of carbonyl (C=O) groups is 1. The van der Waals surface area contributed by atoms with Gasteiger partial charge in [0.25, 0.3) is 0 Å². The number of rotatable bonds is 5. The van der Waals surface area contributed by atoms with Crippen molar-refractivity contribution in [3.63, 3.8) is 0 Å². The molecule has 0 saturated heterocycles. The van der Waals surface area contributed by atoms with E-state index in [1.807, 2.05) is 20.2 Å². The van der Waals surface area contributed by atoms with Gasteiger partial charge in [-0.15, -0.1) is 0 Å². The summed E-state index contributed by atoms with van der Waals surface area (Å²) < 4.78 is 2.88. The molecule has 0 saturated carbocycles. The molecular formula is C20H27N5OS. The molecule has 144 valence electrons. The average Bonchev–Trinajstić information content (AvgIpc) is 3.38. The topological polar surface area (TPSA) is 73.0 Å². The first-order chi connectivity index (χ1) is 13.0. The first-order valence-corrected chi connectivity index (χ1v) is 10.5. The van der Waals surface area contributed by atoms with Crippen LogP contribution in [0.4, 0.5) is 10.5 Å². The number of carbonyl (C=O) groups excluding carboxylic acids is 1. The minimum absolute atomic E-state index is 0.181. The fourth-order valence-electron chi connectivity index (χ4n) is 4.07. The maximum atomic E-state index is 12.5. The lowest BCUT2D eigenvalue weighted by Crippen LogP contribution is -2.24. The molecule has 0 spiro atoms. The summed E-state index contributed by atoms with van der Waals surface area (Å²) in [5, 5.41) is 11.2. The molecule has 2 aromatic rings. The van der Waals surface area contributed by atoms with Crippen LogP contribution in [0.5, 0.6) is 0 Å². The van der Waals surface area contributed by atoms with Gasteiger partial charge < -0.3 is 10.2 Å². The Kier molecular flexibility index (Phi) is 5.14. The number of fused-ring (bicyclic) bond motifs is 2. The largest absolute Gasteiger partial charge is 0.329 e. The maximum Gasteiger partial charge on any atom is 0.329 e. The SMILES string of the molecule is CC(c1cc(SNC(=O)Nc2c3c(cc4c2CCC4)CCC3)n[nH]1)N(C)C. The number of H-pyrrole nitrogens is 1. The van der Waals surface area contributed by atoms with Crippen LogP contribution in [-0.2, 0) is 25.7 Å². The van der Waals surface area contributed by atoms with Gasteiger partial charge in [0.05, 0.1) is 5.69 Å². The summed E-state index contributed by atoms with van der Waals surface area (Å²) in [4.78, 5) is 14.7. The minimum Gasteiger partial charge on any atom is -0.307 e. The second-order valence-electron chi connectivity index (χ2n) is 7.69. The summed E-state index contributed by atoms with van der Waals surface area (Å²) in [5.41, 5.74) is 7.64. The zero-order valence-corrected chi connectivity index (χ0v) is 17.0. The Morgan fingerprint density at radius 2 is 1.81 bits per heavy atom. The Balaban J connectivity index is 1.42. The molecule has 0 bridgehead atoms. The molecule has 6 nitrogen and oxygen atoms in total. The number of aromatic nitrogens is 2. The Hall–Kier alpha value is -1.99. The van der Waals surface area contributed by atoms with Gasteiger partial charge in [-0.2, -0.15) is 5.10 Å². The molecule has 1 heterocycles. The van der Waals surface area contributed by atoms with Gasteiger partial charge in [-0.05, 0) is 87.9 Å². The Morgan fingerprint density at radius 1 is 1.15 bits per heavy atom. The number of benzene rings is 1. The van der Waals surface area contributed by atoms with Crippen LogP contribution in [-0.4, -0.2) is 35.2 Å². The van der Waals surface area contributed by atoms with Gasteiger partial charge >= 0.3 is 6.03 Å². The van der Waals surface area contributed by atoms with Crippen molar-refractivity contribution in [3.8, 4) is 0 Å². The molecule has 1 aromatic carbocycles. The van der Waals surface area contributed by atoms with Gasteiger partial charge in [0.15, 0.2) is 0 Å². The predicted octanol–water partition coefficient (Wildman–Crippen LogP) is 3.84. The van der Waals surface area contributed by atoms with E-state index in [1.165, 1.54) is 47.0 Å². The summed E-state index contributed by atoms with van der Waals surface area (Å²) >= 11 is 1.24. The molecule has 7 heteroatoms. The highest BCUT2D eigenvalue weighted by Gasteiger charge is 2.25. The van der Waals surface area contributed by atoms with Crippen LogP contribution >= 0.6 is 11.9 Å². The highest BCUT2D eigenvalue weighted by atomic mass is 32.2. The first-order valence-electron chi connectivity index (χ1n) is 9.65. The first kappa shape index (κ1) is 18.4. The molecule has 3 N–H and O–H groups in total. The number of nitrogens with zero attached hydrogens (tertiary/aromatic N) is 2. The van der Waals surface area contributed by atoms with E-state index in [1.54, 1.807) is 0 Å². The van der Waals surface area contributed by atoms with E-state index in [4.69, 9.17) is 0 Å². The van der Waals surface area contributed by atoms with Crippen LogP contribution in [0.15, 0.2) is 17.2 Å². The lowest BCUT2D eigenvalue weighted by Gasteiger charge is -2.17. The van der Waals surface area contributed by atoms with E-state index in [9.17, 15) is 4.79 Å². The van der Waals surface area contributed by atoms with Crippen LogP contribution < -0.4 is 10.0 Å². The molecule has 0 aliphatic heterocycles. The van der Waals surface area contributed by atoms with E-state index in [2.05, 4.69) is 38.1 Å². The van der Waals surface area contributed by atoms with Crippen LogP contribution in [0.25, 0.3) is 0 Å². The van der Waals surface area contributed by atoms with Crippen molar-refractivity contribution in [3.05, 3.63) is 40.1 Å². The fraction of sp³-hybridized carbons (Fsp3) is 0.500. The summed E-state index contributed by atoms with van der Waals surface area (Å²) in [5.74, 6) is 0. The van der Waals surface area contributed by atoms with Crippen LogP contribution in [0.1, 0.15) is 53.8 Å². The molecule has 1 atom stereocenters. The summed E-state index contributed by atoms with van der Waals surface area (Å²) in [6.45, 7) is 2.11. The molecule has 1 aromatic heterocycles. The fourth-order valence-corrected chi connectivity index (χ4v) is 4.59. The average molecular weight is 386 g/mol. The predicted molar refractivity (Wildman–Crippen MR) is 109 cm³/mol.